The Morgan fingerprint density at radius 3 is 1.68 bits per heavy atom. The zero-order chi connectivity index (χ0) is 54.1. The van der Waals surface area contributed by atoms with Crippen LogP contribution >= 0.6 is 0 Å². The molecule has 9 aromatic carbocycles. The van der Waals surface area contributed by atoms with Crippen LogP contribution < -0.4 is 9.30 Å². The van der Waals surface area contributed by atoms with E-state index in [2.05, 4.69) is 283 Å². The van der Waals surface area contributed by atoms with Crippen molar-refractivity contribution in [3.05, 3.63) is 269 Å². The van der Waals surface area contributed by atoms with E-state index in [0.29, 0.717) is 0 Å². The number of para-hydroxylation sites is 4. The highest BCUT2D eigenvalue weighted by Gasteiger charge is 2.41. The molecule has 0 spiro atoms. The fraction of sp³-hybridized carbons (Fsp3) is 0.189. The molecule has 15 rings (SSSR count). The van der Waals surface area contributed by atoms with Gasteiger partial charge in [-0.1, -0.05) is 214 Å². The fourth-order valence-corrected chi connectivity index (χ4v) is 12.7. The molecule has 5 nitrogen and oxygen atoms in total. The lowest BCUT2D eigenvalue weighted by Gasteiger charge is -2.42. The van der Waals surface area contributed by atoms with Crippen LogP contribution in [0.3, 0.4) is 0 Å². The number of aromatic nitrogens is 4. The summed E-state index contributed by atoms with van der Waals surface area (Å²) in [7, 11) is 0. The molecule has 12 aromatic rings. The summed E-state index contributed by atoms with van der Waals surface area (Å²) in [4.78, 5) is 4.93. The monoisotopic (exact) mass is 1020 g/mol. The third-order valence-corrected chi connectivity index (χ3v) is 16.9. The Bertz CT molecular complexity index is 4350. The third-order valence-electron chi connectivity index (χ3n) is 16.9. The number of imidazole rings is 1. The van der Waals surface area contributed by atoms with Crippen molar-refractivity contribution in [1.82, 2.24) is 14.1 Å². The Balaban J connectivity index is 0.927. The number of ether oxygens (including phenoxy) is 1. The van der Waals surface area contributed by atoms with Gasteiger partial charge in [-0.2, -0.15) is 0 Å². The highest BCUT2D eigenvalue weighted by molar-refractivity contribution is 6.09. The molecule has 0 saturated heterocycles. The molecule has 2 bridgehead atoms. The molecular formula is C74H64N4O. The van der Waals surface area contributed by atoms with Gasteiger partial charge in [0.15, 0.2) is 0 Å². The minimum atomic E-state index is -0.0695. The second kappa shape index (κ2) is 17.9. The maximum atomic E-state index is 6.89. The first-order valence-electron chi connectivity index (χ1n) is 27.9. The first kappa shape index (κ1) is 48.6. The van der Waals surface area contributed by atoms with Crippen LogP contribution in [-0.2, 0) is 16.2 Å². The molecule has 5 heteroatoms. The summed E-state index contributed by atoms with van der Waals surface area (Å²) in [6.45, 7) is 20.7. The van der Waals surface area contributed by atoms with E-state index in [1.807, 2.05) is 12.3 Å². The van der Waals surface area contributed by atoms with Crippen molar-refractivity contribution in [2.45, 2.75) is 90.4 Å². The van der Waals surface area contributed by atoms with Crippen LogP contribution in [0, 0.1) is 6.33 Å². The summed E-state index contributed by atoms with van der Waals surface area (Å²) in [6, 6.07) is 76.1. The van der Waals surface area contributed by atoms with Gasteiger partial charge in [0.05, 0.1) is 33.4 Å². The molecule has 3 aliphatic carbocycles. The van der Waals surface area contributed by atoms with Gasteiger partial charge in [0.1, 0.15) is 17.3 Å². The van der Waals surface area contributed by atoms with Crippen LogP contribution in [0.5, 0.6) is 11.5 Å². The first-order valence-corrected chi connectivity index (χ1v) is 27.9. The van der Waals surface area contributed by atoms with Gasteiger partial charge < -0.3 is 4.74 Å². The Morgan fingerprint density at radius 2 is 1.00 bits per heavy atom. The molecule has 3 aromatic heterocycles. The first-order chi connectivity index (χ1) is 38.1. The Hall–Kier alpha value is -8.80. The molecule has 0 atom stereocenters. The third kappa shape index (κ3) is 8.04. The molecular weight excluding hydrogens is 961 g/mol. The quantitative estimate of drug-likeness (QED) is 0.118. The average Bonchev–Trinajstić information content (AvgIpc) is 3.33. The van der Waals surface area contributed by atoms with Gasteiger partial charge in [-0.25, -0.2) is 4.98 Å². The lowest BCUT2D eigenvalue weighted by molar-refractivity contribution is -0.571. The molecule has 0 unspecified atom stereocenters. The summed E-state index contributed by atoms with van der Waals surface area (Å²) >= 11 is 0. The van der Waals surface area contributed by atoms with Gasteiger partial charge in [-0.3, -0.25) is 13.7 Å². The Labute approximate surface area is 464 Å². The Kier molecular flexibility index (Phi) is 11.0. The van der Waals surface area contributed by atoms with E-state index in [1.165, 1.54) is 66.6 Å². The molecule has 0 amide bonds. The van der Waals surface area contributed by atoms with Crippen molar-refractivity contribution in [3.8, 4) is 50.9 Å². The van der Waals surface area contributed by atoms with Crippen LogP contribution in [0.25, 0.3) is 72.3 Å². The normalized spacial score (nSPS) is 14.9. The molecule has 3 heterocycles. The van der Waals surface area contributed by atoms with E-state index >= 15 is 0 Å². The maximum Gasteiger partial charge on any atom is 0.269 e. The van der Waals surface area contributed by atoms with Crippen molar-refractivity contribution in [2.75, 3.05) is 0 Å². The molecule has 0 saturated carbocycles. The molecule has 386 valence electrons. The van der Waals surface area contributed by atoms with Gasteiger partial charge in [0.25, 0.3) is 6.33 Å². The smallest absolute Gasteiger partial charge is 0.269 e. The summed E-state index contributed by atoms with van der Waals surface area (Å²) in [5.41, 5.74) is 23.1. The fourth-order valence-electron chi connectivity index (χ4n) is 12.7. The van der Waals surface area contributed by atoms with E-state index in [-0.39, 0.29) is 28.1 Å². The van der Waals surface area contributed by atoms with Crippen molar-refractivity contribution in [2.24, 2.45) is 0 Å². The second-order valence-corrected chi connectivity index (χ2v) is 25.0. The number of benzene rings is 9. The number of hydrogen-bond donors (Lipinski definition) is 0. The van der Waals surface area contributed by atoms with Gasteiger partial charge in [0.2, 0.25) is 0 Å². The summed E-state index contributed by atoms with van der Waals surface area (Å²) in [5.74, 6) is 2.71. The van der Waals surface area contributed by atoms with Gasteiger partial charge in [-0.05, 0) is 137 Å². The largest absolute Gasteiger partial charge is 0.458 e. The highest BCUT2D eigenvalue weighted by Crippen LogP contribution is 2.56. The van der Waals surface area contributed by atoms with Crippen LogP contribution in [0.4, 0.5) is 0 Å². The number of nitrogens with zero attached hydrogens (tertiary/aromatic N) is 4. The predicted octanol–water partition coefficient (Wildman–Crippen LogP) is 18.2. The maximum absolute atomic E-state index is 6.89. The zero-order valence-electron chi connectivity index (χ0n) is 46.6. The van der Waals surface area contributed by atoms with Gasteiger partial charge >= 0.3 is 0 Å². The lowest BCUT2D eigenvalue weighted by Crippen LogP contribution is -2.31. The van der Waals surface area contributed by atoms with E-state index < -0.39 is 0 Å². The molecule has 0 aliphatic heterocycles. The molecule has 0 fully saturated rings. The van der Waals surface area contributed by atoms with Gasteiger partial charge in [0, 0.05) is 34.9 Å². The predicted molar refractivity (Wildman–Crippen MR) is 324 cm³/mol. The summed E-state index contributed by atoms with van der Waals surface area (Å²) in [5, 5.41) is 2.32. The topological polar surface area (TPSA) is 35.9 Å². The minimum absolute atomic E-state index is 0.0271. The average molecular weight is 1030 g/mol. The number of hydrogen-bond acceptors (Lipinski definition) is 2. The van der Waals surface area contributed by atoms with E-state index in [4.69, 9.17) is 9.72 Å². The van der Waals surface area contributed by atoms with Crippen molar-refractivity contribution in [3.63, 3.8) is 0 Å². The number of rotatable bonds is 7. The van der Waals surface area contributed by atoms with Crippen LogP contribution in [0.2, 0.25) is 0 Å². The minimum Gasteiger partial charge on any atom is -0.458 e. The second-order valence-electron chi connectivity index (χ2n) is 25.0. The van der Waals surface area contributed by atoms with Crippen LogP contribution in [-0.4, -0.2) is 14.1 Å². The number of pyridine rings is 1. The molecule has 0 N–H and O–H groups in total. The van der Waals surface area contributed by atoms with Gasteiger partial charge in [-0.15, -0.1) is 0 Å². The van der Waals surface area contributed by atoms with Crippen LogP contribution in [0.15, 0.2) is 212 Å². The van der Waals surface area contributed by atoms with Crippen molar-refractivity contribution >= 4 is 32.8 Å². The summed E-state index contributed by atoms with van der Waals surface area (Å²) < 4.78 is 13.7. The molecule has 79 heavy (non-hydrogen) atoms. The zero-order valence-corrected chi connectivity index (χ0v) is 46.6. The standard InChI is InChI=1S/C74H64N4O/c1-72(2,3)48-36-37-75-68(42-48)78-64-29-15-14-22-56(64)57-35-33-53(44-67(57)78)79-52-21-18-20-51(43-52)76-45-77(66-31-17-16-30-65(66)76)71-54(27-19-28-55(71)47-38-49(73(4,5)6)41-50(39-47)74(7,8)9)46-32-34-62-63(40-46)70-60-25-12-10-23-58(60)69(62)59-24-11-13-26-61(59)70/h10-44,69-70H,1-9H3. The summed E-state index contributed by atoms with van der Waals surface area (Å²) in [6.07, 6.45) is 5.91. The molecule has 0 radical (unpaired) electrons. The van der Waals surface area contributed by atoms with Crippen molar-refractivity contribution in [1.29, 1.82) is 0 Å². The Morgan fingerprint density at radius 1 is 0.430 bits per heavy atom. The lowest BCUT2D eigenvalue weighted by atomic mass is 9.61. The van der Waals surface area contributed by atoms with Crippen LogP contribution in [0.1, 0.15) is 124 Å². The van der Waals surface area contributed by atoms with E-state index in [9.17, 15) is 0 Å². The van der Waals surface area contributed by atoms with E-state index in [1.54, 1.807) is 0 Å². The highest BCUT2D eigenvalue weighted by atomic mass is 16.5. The molecule has 3 aliphatic rings. The van der Waals surface area contributed by atoms with Crippen molar-refractivity contribution < 1.29 is 9.30 Å². The van der Waals surface area contributed by atoms with E-state index in [0.717, 1.165) is 67.3 Å². The SMILES string of the molecule is CC(C)(C)c1cc(-c2cccc(-c3ccc4c(c3)C3c5ccccc5C4c4ccccc43)c2-[n+]2[c-]n(-c3cccc(Oc4ccc5c6ccccc6n(-c6cc(C(C)(C)C)ccn6)c5c4)c3)c3ccccc32)cc(C(C)(C)C)c1. The number of fused-ring (bicyclic) bond motifs is 4.